The van der Waals surface area contributed by atoms with Crippen LogP contribution in [-0.4, -0.2) is 22.2 Å². The molecule has 20 heavy (non-hydrogen) atoms. The van der Waals surface area contributed by atoms with Gasteiger partial charge in [0.05, 0.1) is 5.01 Å². The smallest absolute Gasteiger partial charge is 0.277 e. The fourth-order valence-corrected chi connectivity index (χ4v) is 3.68. The average molecular weight is 293 g/mol. The van der Waals surface area contributed by atoms with Crippen molar-refractivity contribution in [1.82, 2.24) is 15.1 Å². The van der Waals surface area contributed by atoms with Gasteiger partial charge >= 0.3 is 0 Å². The maximum Gasteiger partial charge on any atom is 0.277 e. The SMILES string of the molecule is COC1(c2noc(-c3nc(C)sc3C)n2)CCCCC1. The van der Waals surface area contributed by atoms with E-state index in [4.69, 9.17) is 9.26 Å². The molecule has 0 spiro atoms. The molecular formula is C14H19N3O2S. The molecule has 1 aliphatic carbocycles. The molecule has 0 radical (unpaired) electrons. The molecule has 108 valence electrons. The predicted octanol–water partition coefficient (Wildman–Crippen LogP) is 3.62. The first-order chi connectivity index (χ1) is 9.64. The van der Waals surface area contributed by atoms with E-state index in [-0.39, 0.29) is 5.60 Å². The van der Waals surface area contributed by atoms with E-state index in [2.05, 4.69) is 15.1 Å². The molecular weight excluding hydrogens is 274 g/mol. The third kappa shape index (κ3) is 2.27. The van der Waals surface area contributed by atoms with Gasteiger partial charge in [0, 0.05) is 12.0 Å². The van der Waals surface area contributed by atoms with Gasteiger partial charge in [-0.1, -0.05) is 24.4 Å². The van der Waals surface area contributed by atoms with Crippen molar-refractivity contribution in [2.24, 2.45) is 0 Å². The summed E-state index contributed by atoms with van der Waals surface area (Å²) in [4.78, 5) is 10.1. The topological polar surface area (TPSA) is 61.0 Å². The fourth-order valence-electron chi connectivity index (χ4n) is 2.87. The summed E-state index contributed by atoms with van der Waals surface area (Å²) in [6.07, 6.45) is 5.45. The van der Waals surface area contributed by atoms with Crippen molar-refractivity contribution in [3.8, 4) is 11.6 Å². The Kier molecular flexibility index (Phi) is 3.60. The molecule has 2 aromatic heterocycles. The number of nitrogens with zero attached hydrogens (tertiary/aromatic N) is 3. The zero-order valence-electron chi connectivity index (χ0n) is 12.1. The van der Waals surface area contributed by atoms with Gasteiger partial charge in [-0.2, -0.15) is 4.98 Å². The maximum absolute atomic E-state index is 5.75. The molecule has 2 aromatic rings. The largest absolute Gasteiger partial charge is 0.370 e. The molecule has 0 saturated heterocycles. The Labute approximate surface area is 122 Å². The highest BCUT2D eigenvalue weighted by Crippen LogP contribution is 2.39. The minimum absolute atomic E-state index is 0.376. The fraction of sp³-hybridized carbons (Fsp3) is 0.643. The monoisotopic (exact) mass is 293 g/mol. The molecule has 1 aliphatic rings. The molecule has 6 heteroatoms. The summed E-state index contributed by atoms with van der Waals surface area (Å²) >= 11 is 1.64. The van der Waals surface area contributed by atoms with Gasteiger partial charge in [0.1, 0.15) is 11.3 Å². The lowest BCUT2D eigenvalue weighted by atomic mass is 9.84. The van der Waals surface area contributed by atoms with E-state index in [9.17, 15) is 0 Å². The number of rotatable bonds is 3. The van der Waals surface area contributed by atoms with Crippen LogP contribution in [0.1, 0.15) is 47.8 Å². The lowest BCUT2D eigenvalue weighted by molar-refractivity contribution is -0.0527. The molecule has 0 aliphatic heterocycles. The number of methoxy groups -OCH3 is 1. The Hall–Kier alpha value is -1.27. The molecule has 3 rings (SSSR count). The van der Waals surface area contributed by atoms with Crippen LogP contribution in [-0.2, 0) is 10.3 Å². The standard InChI is InChI=1S/C14H19N3O2S/c1-9-11(15-10(2)20-9)12-16-13(17-19-12)14(18-3)7-5-4-6-8-14/h4-8H2,1-3H3. The van der Waals surface area contributed by atoms with Crippen molar-refractivity contribution in [2.75, 3.05) is 7.11 Å². The highest BCUT2D eigenvalue weighted by Gasteiger charge is 2.38. The van der Waals surface area contributed by atoms with E-state index >= 15 is 0 Å². The first kappa shape index (κ1) is 13.7. The van der Waals surface area contributed by atoms with Crippen LogP contribution in [0.4, 0.5) is 0 Å². The number of aryl methyl sites for hydroxylation is 2. The number of thiazole rings is 1. The van der Waals surface area contributed by atoms with Gasteiger partial charge in [-0.25, -0.2) is 4.98 Å². The third-order valence-electron chi connectivity index (χ3n) is 3.99. The lowest BCUT2D eigenvalue weighted by Gasteiger charge is -2.32. The summed E-state index contributed by atoms with van der Waals surface area (Å²) in [6, 6.07) is 0. The molecule has 1 fully saturated rings. The summed E-state index contributed by atoms with van der Waals surface area (Å²) in [5.74, 6) is 1.17. The van der Waals surface area contributed by atoms with Crippen LogP contribution in [0.2, 0.25) is 0 Å². The van der Waals surface area contributed by atoms with Gasteiger partial charge in [0.15, 0.2) is 0 Å². The van der Waals surface area contributed by atoms with Crippen LogP contribution in [0.25, 0.3) is 11.6 Å². The molecule has 0 aromatic carbocycles. The van der Waals surface area contributed by atoms with Crippen LogP contribution in [0.15, 0.2) is 4.52 Å². The second-order valence-electron chi connectivity index (χ2n) is 5.32. The van der Waals surface area contributed by atoms with Crippen molar-refractivity contribution >= 4 is 11.3 Å². The lowest BCUT2D eigenvalue weighted by Crippen LogP contribution is -2.32. The van der Waals surface area contributed by atoms with Crippen molar-refractivity contribution in [3.05, 3.63) is 15.7 Å². The van der Waals surface area contributed by atoms with Crippen LogP contribution < -0.4 is 0 Å². The van der Waals surface area contributed by atoms with Crippen LogP contribution in [0.3, 0.4) is 0 Å². The first-order valence-electron chi connectivity index (χ1n) is 6.98. The predicted molar refractivity (Wildman–Crippen MR) is 76.7 cm³/mol. The van der Waals surface area contributed by atoms with Crippen molar-refractivity contribution < 1.29 is 9.26 Å². The van der Waals surface area contributed by atoms with Crippen molar-refractivity contribution in [1.29, 1.82) is 0 Å². The Morgan fingerprint density at radius 1 is 1.15 bits per heavy atom. The Balaban J connectivity index is 1.95. The van der Waals surface area contributed by atoms with Crippen LogP contribution in [0, 0.1) is 13.8 Å². The third-order valence-corrected chi connectivity index (χ3v) is 4.88. The summed E-state index contributed by atoms with van der Waals surface area (Å²) in [6.45, 7) is 4.01. The van der Waals surface area contributed by atoms with Gasteiger partial charge in [0.25, 0.3) is 5.89 Å². The first-order valence-corrected chi connectivity index (χ1v) is 7.80. The molecule has 1 saturated carbocycles. The Morgan fingerprint density at radius 3 is 2.50 bits per heavy atom. The number of hydrogen-bond donors (Lipinski definition) is 0. The minimum atomic E-state index is -0.376. The molecule has 0 atom stereocenters. The summed E-state index contributed by atoms with van der Waals surface area (Å²) in [7, 11) is 1.74. The van der Waals surface area contributed by atoms with Crippen molar-refractivity contribution in [3.63, 3.8) is 0 Å². The average Bonchev–Trinajstić information content (AvgIpc) is 3.06. The zero-order chi connectivity index (χ0) is 14.2. The van der Waals surface area contributed by atoms with Gasteiger partial charge in [-0.3, -0.25) is 0 Å². The highest BCUT2D eigenvalue weighted by atomic mass is 32.1. The van der Waals surface area contributed by atoms with Gasteiger partial charge < -0.3 is 9.26 Å². The minimum Gasteiger partial charge on any atom is -0.370 e. The highest BCUT2D eigenvalue weighted by molar-refractivity contribution is 7.11. The quantitative estimate of drug-likeness (QED) is 0.865. The molecule has 0 amide bonds. The zero-order valence-corrected chi connectivity index (χ0v) is 12.9. The van der Waals surface area contributed by atoms with E-state index in [0.717, 1.165) is 41.3 Å². The van der Waals surface area contributed by atoms with E-state index in [1.165, 1.54) is 6.42 Å². The van der Waals surface area contributed by atoms with Gasteiger partial charge in [-0.05, 0) is 26.7 Å². The Bertz CT molecular complexity index is 599. The molecule has 2 heterocycles. The second-order valence-corrected chi connectivity index (χ2v) is 6.73. The van der Waals surface area contributed by atoms with Crippen molar-refractivity contribution in [2.45, 2.75) is 51.6 Å². The van der Waals surface area contributed by atoms with Crippen LogP contribution >= 0.6 is 11.3 Å². The van der Waals surface area contributed by atoms with E-state index in [0.29, 0.717) is 11.7 Å². The number of ether oxygens (including phenoxy) is 1. The summed E-state index contributed by atoms with van der Waals surface area (Å²) < 4.78 is 11.2. The van der Waals surface area contributed by atoms with Gasteiger partial charge in [-0.15, -0.1) is 11.3 Å². The number of aromatic nitrogens is 3. The molecule has 0 unspecified atom stereocenters. The summed E-state index contributed by atoms with van der Waals surface area (Å²) in [5, 5.41) is 5.17. The van der Waals surface area contributed by atoms with Gasteiger partial charge in [0.2, 0.25) is 5.82 Å². The Morgan fingerprint density at radius 2 is 1.90 bits per heavy atom. The normalized spacial score (nSPS) is 18.4. The molecule has 0 N–H and O–H groups in total. The molecule has 5 nitrogen and oxygen atoms in total. The van der Waals surface area contributed by atoms with Crippen LogP contribution in [0.5, 0.6) is 0 Å². The van der Waals surface area contributed by atoms with E-state index in [1.807, 2.05) is 13.8 Å². The number of hydrogen-bond acceptors (Lipinski definition) is 6. The second kappa shape index (κ2) is 5.26. The van der Waals surface area contributed by atoms with E-state index in [1.54, 1.807) is 18.4 Å². The maximum atomic E-state index is 5.75. The van der Waals surface area contributed by atoms with E-state index < -0.39 is 0 Å². The summed E-state index contributed by atoms with van der Waals surface area (Å²) in [5.41, 5.74) is 0.423. The molecule has 0 bridgehead atoms.